The lowest BCUT2D eigenvalue weighted by Crippen LogP contribution is -2.58. The number of allylic oxidation sites excluding steroid dienone is 1. The number of hydrogen-bond donors (Lipinski definition) is 0. The summed E-state index contributed by atoms with van der Waals surface area (Å²) in [6, 6.07) is 7.15. The third-order valence-electron chi connectivity index (χ3n) is 6.06. The summed E-state index contributed by atoms with van der Waals surface area (Å²) in [4.78, 5) is 28.8. The third-order valence-corrected chi connectivity index (χ3v) is 6.16. The number of fused-ring (bicyclic) bond motifs is 3. The highest BCUT2D eigenvalue weighted by molar-refractivity contribution is 6.29. The van der Waals surface area contributed by atoms with Crippen LogP contribution in [0.4, 0.5) is 0 Å². The summed E-state index contributed by atoms with van der Waals surface area (Å²) < 4.78 is 11.8. The smallest absolute Gasteiger partial charge is 0.258 e. The average Bonchev–Trinajstić information content (AvgIpc) is 2.86. The summed E-state index contributed by atoms with van der Waals surface area (Å²) in [5.41, 5.74) is 1.12. The van der Waals surface area contributed by atoms with E-state index in [1.54, 1.807) is 44.6 Å². The second-order valence-electron chi connectivity index (χ2n) is 8.20. The van der Waals surface area contributed by atoms with Crippen molar-refractivity contribution in [3.05, 3.63) is 66.1 Å². The van der Waals surface area contributed by atoms with E-state index >= 15 is 0 Å². The fourth-order valence-corrected chi connectivity index (χ4v) is 4.67. The quantitative estimate of drug-likeness (QED) is 0.449. The Kier molecular flexibility index (Phi) is 7.08. The highest BCUT2D eigenvalue weighted by Crippen LogP contribution is 2.40. The lowest BCUT2D eigenvalue weighted by Gasteiger charge is -2.49. The maximum absolute atomic E-state index is 13.9. The van der Waals surface area contributed by atoms with Crippen LogP contribution in [0.5, 0.6) is 5.75 Å². The van der Waals surface area contributed by atoms with Gasteiger partial charge in [0.1, 0.15) is 11.9 Å². The molecule has 3 unspecified atom stereocenters. The second kappa shape index (κ2) is 10.2. The van der Waals surface area contributed by atoms with Crippen LogP contribution in [0.15, 0.2) is 65.5 Å². The van der Waals surface area contributed by atoms with Crippen LogP contribution < -0.4 is 4.74 Å². The van der Waals surface area contributed by atoms with Gasteiger partial charge in [-0.05, 0) is 50.3 Å². The summed E-state index contributed by atoms with van der Waals surface area (Å²) in [5, 5.41) is 0.548. The molecule has 1 saturated carbocycles. The topological polar surface area (TPSA) is 76.9 Å². The molecule has 0 spiro atoms. The Balaban J connectivity index is 1.66. The van der Waals surface area contributed by atoms with Gasteiger partial charge in [-0.2, -0.15) is 0 Å². The predicted molar refractivity (Wildman–Crippen MR) is 128 cm³/mol. The molecule has 2 aromatic rings. The zero-order valence-corrected chi connectivity index (χ0v) is 19.5. The van der Waals surface area contributed by atoms with Crippen molar-refractivity contribution in [1.29, 1.82) is 0 Å². The molecule has 7 nitrogen and oxygen atoms in total. The van der Waals surface area contributed by atoms with Crippen LogP contribution in [0.3, 0.4) is 0 Å². The number of methoxy groups -OCH3 is 1. The molecule has 1 amide bonds. The first-order valence-electron chi connectivity index (χ1n) is 11.0. The van der Waals surface area contributed by atoms with Crippen molar-refractivity contribution in [1.82, 2.24) is 14.9 Å². The van der Waals surface area contributed by atoms with Gasteiger partial charge in [-0.25, -0.2) is 15.0 Å². The number of aromatic nitrogens is 2. The van der Waals surface area contributed by atoms with Crippen LogP contribution in [0.2, 0.25) is 0 Å². The van der Waals surface area contributed by atoms with Crippen LogP contribution in [-0.2, 0) is 4.74 Å². The van der Waals surface area contributed by atoms with E-state index in [1.807, 2.05) is 17.0 Å². The number of piperidine rings is 2. The van der Waals surface area contributed by atoms with Crippen LogP contribution in [0.1, 0.15) is 36.5 Å². The van der Waals surface area contributed by atoms with Crippen LogP contribution in [0.25, 0.3) is 11.4 Å². The van der Waals surface area contributed by atoms with E-state index < -0.39 is 0 Å². The molecule has 2 aliphatic heterocycles. The van der Waals surface area contributed by atoms with Crippen molar-refractivity contribution in [2.75, 3.05) is 13.7 Å². The molecule has 33 heavy (non-hydrogen) atoms. The van der Waals surface area contributed by atoms with Crippen molar-refractivity contribution in [3.8, 4) is 17.1 Å². The molecule has 0 radical (unpaired) electrons. The van der Waals surface area contributed by atoms with Crippen molar-refractivity contribution < 1.29 is 14.3 Å². The molecule has 3 aliphatic rings. The minimum atomic E-state index is -0.173. The Labute approximate surface area is 198 Å². The highest BCUT2D eigenvalue weighted by atomic mass is 35.5. The summed E-state index contributed by atoms with van der Waals surface area (Å²) in [5.74, 6) is 1.63. The Hall–Kier alpha value is -3.19. The zero-order chi connectivity index (χ0) is 23.4. The van der Waals surface area contributed by atoms with Gasteiger partial charge in [-0.3, -0.25) is 4.79 Å². The van der Waals surface area contributed by atoms with Crippen molar-refractivity contribution in [3.63, 3.8) is 0 Å². The monoisotopic (exact) mass is 466 g/mol. The summed E-state index contributed by atoms with van der Waals surface area (Å²) >= 11 is 5.90. The van der Waals surface area contributed by atoms with Gasteiger partial charge in [0.25, 0.3) is 5.91 Å². The molecule has 2 saturated heterocycles. The molecule has 3 fully saturated rings. The normalized spacial score (nSPS) is 22.8. The van der Waals surface area contributed by atoms with Gasteiger partial charge in [0, 0.05) is 35.7 Å². The van der Waals surface area contributed by atoms with Crippen molar-refractivity contribution >= 4 is 23.4 Å². The number of hydrogen-bond acceptors (Lipinski definition) is 6. The van der Waals surface area contributed by atoms with E-state index in [9.17, 15) is 4.79 Å². The van der Waals surface area contributed by atoms with Crippen LogP contribution in [-0.4, -0.2) is 52.5 Å². The van der Waals surface area contributed by atoms with E-state index in [1.165, 1.54) is 6.20 Å². The first-order valence-corrected chi connectivity index (χ1v) is 11.3. The minimum absolute atomic E-state index is 0.0804. The van der Waals surface area contributed by atoms with Gasteiger partial charge in [0.05, 0.1) is 18.7 Å². The van der Waals surface area contributed by atoms with E-state index in [-0.39, 0.29) is 18.1 Å². The number of ether oxygens (including phenoxy) is 2. The zero-order valence-electron chi connectivity index (χ0n) is 18.8. The van der Waals surface area contributed by atoms with Gasteiger partial charge in [-0.1, -0.05) is 30.3 Å². The Morgan fingerprint density at radius 3 is 2.73 bits per heavy atom. The predicted octanol–water partition coefficient (Wildman–Crippen LogP) is 4.85. The number of halogens is 1. The molecule has 1 aromatic carbocycles. The number of carbonyl (C=O) groups excluding carboxylic acids is 1. The fraction of sp³-hybridized carbons (Fsp3) is 0.360. The Morgan fingerprint density at radius 2 is 2.06 bits per heavy atom. The lowest BCUT2D eigenvalue weighted by molar-refractivity contribution is -0.0344. The van der Waals surface area contributed by atoms with E-state index in [0.717, 1.165) is 19.3 Å². The number of aliphatic imine (C=N–C) groups is 1. The van der Waals surface area contributed by atoms with Crippen LogP contribution >= 0.6 is 11.6 Å². The number of nitrogens with zero attached hydrogens (tertiary/aromatic N) is 4. The first-order chi connectivity index (χ1) is 16.0. The molecule has 172 valence electrons. The average molecular weight is 467 g/mol. The second-order valence-corrected chi connectivity index (χ2v) is 8.80. The minimum Gasteiger partial charge on any atom is -0.496 e. The van der Waals surface area contributed by atoms with Gasteiger partial charge in [0.15, 0.2) is 5.82 Å². The molecule has 3 heterocycles. The molecule has 3 atom stereocenters. The first kappa shape index (κ1) is 23.0. The summed E-state index contributed by atoms with van der Waals surface area (Å²) in [6.07, 6.45) is 9.04. The molecule has 1 aliphatic carbocycles. The van der Waals surface area contributed by atoms with E-state index in [0.29, 0.717) is 46.1 Å². The molecule has 8 heteroatoms. The molecule has 5 rings (SSSR count). The number of carbonyl (C=O) groups is 1. The Morgan fingerprint density at radius 1 is 1.27 bits per heavy atom. The molecule has 1 aromatic heterocycles. The standard InChI is InChI=1S/C25H27ClN4O3/c1-4-22(29-14-16(2)26)33-21-13-17-9-10-19(21)30(15-17)25(31)23-18(7-5-8-20(23)32-3)24-27-11-6-12-28-24/h4-8,11-12,14,17,19,21H,1,9-10,13,15H2,2-3H3/b16-14+,29-22+. The maximum Gasteiger partial charge on any atom is 0.258 e. The molecule has 0 N–H and O–H groups in total. The number of rotatable bonds is 6. The van der Waals surface area contributed by atoms with Crippen LogP contribution in [0, 0.1) is 5.92 Å². The maximum atomic E-state index is 13.9. The molecular weight excluding hydrogens is 440 g/mol. The van der Waals surface area contributed by atoms with Gasteiger partial charge >= 0.3 is 0 Å². The largest absolute Gasteiger partial charge is 0.496 e. The van der Waals surface area contributed by atoms with E-state index in [4.69, 9.17) is 21.1 Å². The fourth-order valence-electron chi connectivity index (χ4n) is 4.62. The van der Waals surface area contributed by atoms with E-state index in [2.05, 4.69) is 21.5 Å². The lowest BCUT2D eigenvalue weighted by atomic mass is 9.77. The van der Waals surface area contributed by atoms with Gasteiger partial charge in [0.2, 0.25) is 5.90 Å². The SMILES string of the molecule is C=C/C(=N\C=C(/C)Cl)OC1CC2CCC1N(C(=O)c1c(OC)cccc1-c1ncccn1)C2. The number of amides is 1. The number of benzene rings is 1. The highest BCUT2D eigenvalue weighted by Gasteiger charge is 2.45. The third kappa shape index (κ3) is 4.93. The van der Waals surface area contributed by atoms with Crippen molar-refractivity contribution in [2.24, 2.45) is 10.9 Å². The Bertz CT molecular complexity index is 1080. The molecule has 2 bridgehead atoms. The summed E-state index contributed by atoms with van der Waals surface area (Å²) in [6.45, 7) is 6.22. The van der Waals surface area contributed by atoms with Gasteiger partial charge < -0.3 is 14.4 Å². The van der Waals surface area contributed by atoms with Crippen molar-refractivity contribution in [2.45, 2.75) is 38.3 Å². The van der Waals surface area contributed by atoms with Gasteiger partial charge in [-0.15, -0.1) is 0 Å². The summed E-state index contributed by atoms with van der Waals surface area (Å²) in [7, 11) is 1.56. The molecular formula is C25H27ClN4O3.